The lowest BCUT2D eigenvalue weighted by Crippen LogP contribution is -2.43. The Hall–Kier alpha value is -3.09. The molecule has 1 aromatic heterocycles. The number of furan rings is 1. The van der Waals surface area contributed by atoms with Gasteiger partial charge in [0, 0.05) is 6.42 Å². The molecule has 0 saturated carbocycles. The van der Waals surface area contributed by atoms with E-state index in [-0.39, 0.29) is 12.2 Å². The average molecular weight is 316 g/mol. The van der Waals surface area contributed by atoms with E-state index >= 15 is 0 Å². The minimum atomic E-state index is -0.641. The van der Waals surface area contributed by atoms with Crippen molar-refractivity contribution in [3.63, 3.8) is 0 Å². The number of benzene rings is 1. The summed E-state index contributed by atoms with van der Waals surface area (Å²) in [6.45, 7) is -0.466. The summed E-state index contributed by atoms with van der Waals surface area (Å²) >= 11 is 0. The second-order valence-corrected chi connectivity index (χ2v) is 4.63. The zero-order valence-electron chi connectivity index (χ0n) is 12.3. The molecule has 0 atom stereocenters. The maximum atomic E-state index is 11.5. The van der Waals surface area contributed by atoms with Crippen LogP contribution in [0.4, 0.5) is 0 Å². The van der Waals surface area contributed by atoms with E-state index in [4.69, 9.17) is 9.15 Å². The molecule has 7 heteroatoms. The second-order valence-electron chi connectivity index (χ2n) is 4.63. The third-order valence-corrected chi connectivity index (χ3v) is 2.89. The number of ether oxygens (including phenoxy) is 1. The van der Waals surface area contributed by atoms with E-state index in [0.717, 1.165) is 5.56 Å². The van der Waals surface area contributed by atoms with Crippen LogP contribution in [-0.4, -0.2) is 24.4 Å². The molecule has 2 amide bonds. The number of hydrogen-bond acceptors (Lipinski definition) is 5. The van der Waals surface area contributed by atoms with E-state index in [1.165, 1.54) is 12.3 Å². The summed E-state index contributed by atoms with van der Waals surface area (Å²) in [7, 11) is 0. The minimum Gasteiger partial charge on any atom is -0.459 e. The van der Waals surface area contributed by atoms with Crippen LogP contribution >= 0.6 is 0 Å². The van der Waals surface area contributed by atoms with Crippen LogP contribution in [0.25, 0.3) is 0 Å². The normalized spacial score (nSPS) is 9.91. The molecule has 2 rings (SSSR count). The van der Waals surface area contributed by atoms with Gasteiger partial charge >= 0.3 is 11.9 Å². The van der Waals surface area contributed by atoms with Gasteiger partial charge in [0.05, 0.1) is 6.26 Å². The first-order valence-electron chi connectivity index (χ1n) is 6.97. The number of hydrogen-bond donors (Lipinski definition) is 2. The van der Waals surface area contributed by atoms with Crippen molar-refractivity contribution in [3.05, 3.63) is 60.1 Å². The largest absolute Gasteiger partial charge is 0.459 e. The summed E-state index contributed by atoms with van der Waals surface area (Å²) in [5, 5.41) is 0. The smallest absolute Gasteiger partial charge is 0.306 e. The Morgan fingerprint density at radius 1 is 1.00 bits per heavy atom. The first kappa shape index (κ1) is 16.3. The highest BCUT2D eigenvalue weighted by molar-refractivity contribution is 5.93. The molecule has 23 heavy (non-hydrogen) atoms. The highest BCUT2D eigenvalue weighted by Gasteiger charge is 2.11. The molecule has 0 aliphatic rings. The van der Waals surface area contributed by atoms with Gasteiger partial charge in [-0.2, -0.15) is 0 Å². The first-order valence-corrected chi connectivity index (χ1v) is 6.97. The van der Waals surface area contributed by atoms with Crippen LogP contribution in [-0.2, 0) is 20.7 Å². The molecule has 1 aromatic carbocycles. The van der Waals surface area contributed by atoms with Gasteiger partial charge < -0.3 is 9.15 Å². The molecule has 1 heterocycles. The van der Waals surface area contributed by atoms with Gasteiger partial charge in [-0.1, -0.05) is 30.3 Å². The molecule has 0 aliphatic carbocycles. The van der Waals surface area contributed by atoms with E-state index in [1.54, 1.807) is 6.07 Å². The summed E-state index contributed by atoms with van der Waals surface area (Å²) in [6.07, 6.45) is 2.05. The van der Waals surface area contributed by atoms with Gasteiger partial charge in [0.1, 0.15) is 0 Å². The van der Waals surface area contributed by atoms with Gasteiger partial charge in [-0.15, -0.1) is 0 Å². The summed E-state index contributed by atoms with van der Waals surface area (Å²) < 4.78 is 9.67. The summed E-state index contributed by atoms with van der Waals surface area (Å²) in [5.74, 6) is -1.66. The van der Waals surface area contributed by atoms with Crippen LogP contribution in [0.3, 0.4) is 0 Å². The van der Waals surface area contributed by atoms with Crippen molar-refractivity contribution in [3.8, 4) is 0 Å². The Morgan fingerprint density at radius 3 is 2.48 bits per heavy atom. The molecule has 0 fully saturated rings. The van der Waals surface area contributed by atoms with Gasteiger partial charge in [-0.25, -0.2) is 0 Å². The molecule has 2 aromatic rings. The molecule has 120 valence electrons. The highest BCUT2D eigenvalue weighted by atomic mass is 16.5. The number of aryl methyl sites for hydroxylation is 1. The zero-order chi connectivity index (χ0) is 16.5. The minimum absolute atomic E-state index is 0.0603. The topological polar surface area (TPSA) is 97.6 Å². The third-order valence-electron chi connectivity index (χ3n) is 2.89. The predicted molar refractivity (Wildman–Crippen MR) is 80.0 cm³/mol. The van der Waals surface area contributed by atoms with Crippen molar-refractivity contribution in [2.75, 3.05) is 6.61 Å². The maximum absolute atomic E-state index is 11.5. The Bertz CT molecular complexity index is 652. The lowest BCUT2D eigenvalue weighted by Gasteiger charge is -2.07. The molecule has 0 radical (unpaired) electrons. The molecule has 0 unspecified atom stereocenters. The Labute approximate surface area is 132 Å². The zero-order valence-corrected chi connectivity index (χ0v) is 12.3. The van der Waals surface area contributed by atoms with Crippen molar-refractivity contribution >= 4 is 17.8 Å². The van der Waals surface area contributed by atoms with Crippen LogP contribution in [0.2, 0.25) is 0 Å². The number of rotatable bonds is 6. The molecule has 0 saturated heterocycles. The summed E-state index contributed by atoms with van der Waals surface area (Å²) in [6, 6.07) is 12.5. The van der Waals surface area contributed by atoms with Gasteiger partial charge in [-0.05, 0) is 24.1 Å². The average Bonchev–Trinajstić information content (AvgIpc) is 3.11. The van der Waals surface area contributed by atoms with Gasteiger partial charge in [-0.3, -0.25) is 25.2 Å². The van der Waals surface area contributed by atoms with Crippen LogP contribution < -0.4 is 10.9 Å². The fraction of sp³-hybridized carbons (Fsp3) is 0.188. The maximum Gasteiger partial charge on any atom is 0.306 e. The molecule has 2 N–H and O–H groups in total. The first-order chi connectivity index (χ1) is 11.1. The van der Waals surface area contributed by atoms with E-state index in [1.807, 2.05) is 30.3 Å². The number of nitrogens with one attached hydrogen (secondary N) is 2. The molecular formula is C16H16N2O5. The number of carbonyl (C=O) groups excluding carboxylic acids is 3. The molecule has 0 aliphatic heterocycles. The van der Waals surface area contributed by atoms with E-state index < -0.39 is 24.4 Å². The molecular weight excluding hydrogens is 300 g/mol. The monoisotopic (exact) mass is 316 g/mol. The Balaban J connectivity index is 1.62. The Kier molecular flexibility index (Phi) is 5.93. The standard InChI is InChI=1S/C16H16N2O5/c19-14(17-18-16(21)13-7-4-10-22-13)11-23-15(20)9-8-12-5-2-1-3-6-12/h1-7,10H,8-9,11H2,(H,17,19)(H,18,21). The lowest BCUT2D eigenvalue weighted by atomic mass is 10.1. The fourth-order valence-corrected chi connectivity index (χ4v) is 1.74. The van der Waals surface area contributed by atoms with Crippen molar-refractivity contribution in [2.24, 2.45) is 0 Å². The van der Waals surface area contributed by atoms with Gasteiger partial charge in [0.2, 0.25) is 0 Å². The van der Waals surface area contributed by atoms with Crippen LogP contribution in [0.5, 0.6) is 0 Å². The highest BCUT2D eigenvalue weighted by Crippen LogP contribution is 2.03. The number of esters is 1. The van der Waals surface area contributed by atoms with Crippen molar-refractivity contribution in [1.82, 2.24) is 10.9 Å². The molecule has 0 bridgehead atoms. The van der Waals surface area contributed by atoms with Crippen LogP contribution in [0, 0.1) is 0 Å². The van der Waals surface area contributed by atoms with Crippen LogP contribution in [0.1, 0.15) is 22.5 Å². The number of carbonyl (C=O) groups is 3. The third kappa shape index (κ3) is 5.66. The van der Waals surface area contributed by atoms with E-state index in [2.05, 4.69) is 10.9 Å². The lowest BCUT2D eigenvalue weighted by molar-refractivity contribution is -0.148. The van der Waals surface area contributed by atoms with E-state index in [9.17, 15) is 14.4 Å². The van der Waals surface area contributed by atoms with Crippen molar-refractivity contribution in [2.45, 2.75) is 12.8 Å². The Morgan fingerprint density at radius 2 is 1.78 bits per heavy atom. The summed E-state index contributed by atoms with van der Waals surface area (Å²) in [5.41, 5.74) is 5.28. The van der Waals surface area contributed by atoms with Crippen molar-refractivity contribution in [1.29, 1.82) is 0 Å². The van der Waals surface area contributed by atoms with Crippen molar-refractivity contribution < 1.29 is 23.5 Å². The number of hydrazine groups is 1. The number of amides is 2. The SMILES string of the molecule is O=C(COC(=O)CCc1ccccc1)NNC(=O)c1ccco1. The van der Waals surface area contributed by atoms with Gasteiger partial charge in [0.15, 0.2) is 12.4 Å². The van der Waals surface area contributed by atoms with Crippen LogP contribution in [0.15, 0.2) is 53.1 Å². The molecule has 7 nitrogen and oxygen atoms in total. The van der Waals surface area contributed by atoms with E-state index in [0.29, 0.717) is 6.42 Å². The quantitative estimate of drug-likeness (QED) is 0.617. The van der Waals surface area contributed by atoms with Gasteiger partial charge in [0.25, 0.3) is 5.91 Å². The predicted octanol–water partition coefficient (Wildman–Crippen LogP) is 1.22. The fourth-order valence-electron chi connectivity index (χ4n) is 1.74. The molecule has 0 spiro atoms. The second kappa shape index (κ2) is 8.38. The summed E-state index contributed by atoms with van der Waals surface area (Å²) in [4.78, 5) is 34.5.